The Bertz CT molecular complexity index is 422. The standard InChI is InChI=1S/C13H18ClNO/c1-8-7-10(9(2)11(14)12(8)16)13(15)5-3-4-6-13/h7,16H,3-6,15H2,1-2H3. The van der Waals surface area contributed by atoms with Crippen molar-refractivity contribution in [2.75, 3.05) is 0 Å². The van der Waals surface area contributed by atoms with E-state index < -0.39 is 0 Å². The number of phenolic OH excluding ortho intramolecular Hbond substituents is 1. The first kappa shape index (κ1) is 11.7. The van der Waals surface area contributed by atoms with Crippen LogP contribution in [0.2, 0.25) is 5.02 Å². The second-order valence-corrected chi connectivity index (χ2v) is 5.27. The zero-order valence-corrected chi connectivity index (χ0v) is 10.6. The Kier molecular flexibility index (Phi) is 2.89. The van der Waals surface area contributed by atoms with Gasteiger partial charge in [-0.1, -0.05) is 30.5 Å². The average Bonchev–Trinajstić information content (AvgIpc) is 2.68. The van der Waals surface area contributed by atoms with E-state index in [1.165, 1.54) is 12.8 Å². The van der Waals surface area contributed by atoms with Crippen molar-refractivity contribution in [3.63, 3.8) is 0 Å². The molecule has 0 spiro atoms. The molecular formula is C13H18ClNO. The summed E-state index contributed by atoms with van der Waals surface area (Å²) >= 11 is 6.12. The predicted octanol–water partition coefficient (Wildman–Crippen LogP) is 3.39. The first-order chi connectivity index (χ1) is 7.46. The molecule has 1 aromatic rings. The van der Waals surface area contributed by atoms with Crippen molar-refractivity contribution >= 4 is 11.6 Å². The molecule has 3 heteroatoms. The molecule has 0 unspecified atom stereocenters. The number of aromatic hydroxyl groups is 1. The molecule has 1 aliphatic carbocycles. The normalized spacial score (nSPS) is 19.0. The van der Waals surface area contributed by atoms with E-state index in [1.807, 2.05) is 19.9 Å². The maximum Gasteiger partial charge on any atom is 0.137 e. The van der Waals surface area contributed by atoms with Gasteiger partial charge in [0, 0.05) is 5.54 Å². The number of phenols is 1. The van der Waals surface area contributed by atoms with Gasteiger partial charge < -0.3 is 10.8 Å². The van der Waals surface area contributed by atoms with Gasteiger partial charge in [0.15, 0.2) is 0 Å². The molecule has 1 saturated carbocycles. The van der Waals surface area contributed by atoms with E-state index in [9.17, 15) is 5.11 Å². The van der Waals surface area contributed by atoms with Crippen molar-refractivity contribution in [3.8, 4) is 5.75 Å². The minimum Gasteiger partial charge on any atom is -0.506 e. The van der Waals surface area contributed by atoms with E-state index in [1.54, 1.807) is 0 Å². The van der Waals surface area contributed by atoms with Gasteiger partial charge in [-0.3, -0.25) is 0 Å². The van der Waals surface area contributed by atoms with Crippen LogP contribution < -0.4 is 5.73 Å². The summed E-state index contributed by atoms with van der Waals surface area (Å²) in [5, 5.41) is 10.2. The van der Waals surface area contributed by atoms with Crippen molar-refractivity contribution in [2.45, 2.75) is 45.1 Å². The van der Waals surface area contributed by atoms with E-state index in [4.69, 9.17) is 17.3 Å². The summed E-state index contributed by atoms with van der Waals surface area (Å²) in [4.78, 5) is 0. The van der Waals surface area contributed by atoms with Gasteiger partial charge in [-0.2, -0.15) is 0 Å². The smallest absolute Gasteiger partial charge is 0.137 e. The molecule has 0 aromatic heterocycles. The van der Waals surface area contributed by atoms with Crippen LogP contribution in [0.4, 0.5) is 0 Å². The highest BCUT2D eigenvalue weighted by Gasteiger charge is 2.33. The van der Waals surface area contributed by atoms with Gasteiger partial charge in [0.25, 0.3) is 0 Å². The van der Waals surface area contributed by atoms with Crippen LogP contribution >= 0.6 is 11.6 Å². The number of halogens is 1. The Morgan fingerprint density at radius 1 is 1.31 bits per heavy atom. The SMILES string of the molecule is Cc1cc(C2(N)CCCC2)c(C)c(Cl)c1O. The fourth-order valence-corrected chi connectivity index (χ4v) is 2.91. The number of rotatable bonds is 1. The Morgan fingerprint density at radius 2 is 1.88 bits per heavy atom. The lowest BCUT2D eigenvalue weighted by Gasteiger charge is -2.27. The fraction of sp³-hybridized carbons (Fsp3) is 0.538. The topological polar surface area (TPSA) is 46.2 Å². The highest BCUT2D eigenvalue weighted by Crippen LogP contribution is 2.42. The summed E-state index contributed by atoms with van der Waals surface area (Å²) in [7, 11) is 0. The van der Waals surface area contributed by atoms with Crippen LogP contribution in [0.15, 0.2) is 6.07 Å². The maximum atomic E-state index is 9.77. The van der Waals surface area contributed by atoms with Crippen molar-refractivity contribution in [3.05, 3.63) is 27.8 Å². The highest BCUT2D eigenvalue weighted by atomic mass is 35.5. The van der Waals surface area contributed by atoms with Crippen molar-refractivity contribution in [1.82, 2.24) is 0 Å². The summed E-state index contributed by atoms with van der Waals surface area (Å²) in [6.07, 6.45) is 4.36. The predicted molar refractivity (Wildman–Crippen MR) is 66.9 cm³/mol. The summed E-state index contributed by atoms with van der Waals surface area (Å²) in [6.45, 7) is 3.80. The lowest BCUT2D eigenvalue weighted by molar-refractivity contribution is 0.450. The van der Waals surface area contributed by atoms with Crippen molar-refractivity contribution in [2.24, 2.45) is 5.73 Å². The van der Waals surface area contributed by atoms with E-state index in [0.717, 1.165) is 29.5 Å². The highest BCUT2D eigenvalue weighted by molar-refractivity contribution is 6.33. The Labute approximate surface area is 101 Å². The molecule has 1 aromatic carbocycles. The van der Waals surface area contributed by atoms with Crippen LogP contribution in [0.25, 0.3) is 0 Å². The molecule has 0 radical (unpaired) electrons. The van der Waals surface area contributed by atoms with Crippen LogP contribution in [-0.2, 0) is 5.54 Å². The minimum atomic E-state index is -0.244. The largest absolute Gasteiger partial charge is 0.506 e. The second-order valence-electron chi connectivity index (χ2n) is 4.89. The summed E-state index contributed by atoms with van der Waals surface area (Å²) in [5.41, 5.74) is 9.02. The lowest BCUT2D eigenvalue weighted by atomic mass is 9.85. The van der Waals surface area contributed by atoms with E-state index in [-0.39, 0.29) is 11.3 Å². The molecular weight excluding hydrogens is 222 g/mol. The first-order valence-electron chi connectivity index (χ1n) is 5.74. The summed E-state index contributed by atoms with van der Waals surface area (Å²) in [5.74, 6) is 0.185. The maximum absolute atomic E-state index is 9.77. The van der Waals surface area contributed by atoms with Crippen LogP contribution in [-0.4, -0.2) is 5.11 Å². The Hall–Kier alpha value is -0.730. The number of nitrogens with two attached hydrogens (primary N) is 1. The Morgan fingerprint density at radius 3 is 2.44 bits per heavy atom. The molecule has 2 rings (SSSR count). The third kappa shape index (κ3) is 1.70. The van der Waals surface area contributed by atoms with Gasteiger partial charge in [0.1, 0.15) is 5.75 Å². The van der Waals surface area contributed by atoms with Crippen LogP contribution in [0.3, 0.4) is 0 Å². The monoisotopic (exact) mass is 239 g/mol. The quantitative estimate of drug-likeness (QED) is 0.789. The molecule has 0 amide bonds. The van der Waals surface area contributed by atoms with Crippen LogP contribution in [0, 0.1) is 13.8 Å². The molecule has 3 N–H and O–H groups in total. The van der Waals surface area contributed by atoms with Crippen molar-refractivity contribution in [1.29, 1.82) is 0 Å². The van der Waals surface area contributed by atoms with Gasteiger partial charge >= 0.3 is 0 Å². The molecule has 88 valence electrons. The summed E-state index contributed by atoms with van der Waals surface area (Å²) < 4.78 is 0. The molecule has 2 nitrogen and oxygen atoms in total. The summed E-state index contributed by atoms with van der Waals surface area (Å²) in [6, 6.07) is 1.99. The number of benzene rings is 1. The molecule has 0 aliphatic heterocycles. The third-order valence-electron chi connectivity index (χ3n) is 3.71. The fourth-order valence-electron chi connectivity index (χ4n) is 2.65. The van der Waals surface area contributed by atoms with Gasteiger partial charge in [-0.25, -0.2) is 0 Å². The minimum absolute atomic E-state index is 0.185. The zero-order valence-electron chi connectivity index (χ0n) is 9.81. The molecule has 1 aliphatic rings. The first-order valence-corrected chi connectivity index (χ1v) is 6.11. The van der Waals surface area contributed by atoms with E-state index >= 15 is 0 Å². The Balaban J connectivity index is 2.57. The number of aryl methyl sites for hydroxylation is 1. The molecule has 16 heavy (non-hydrogen) atoms. The molecule has 0 saturated heterocycles. The molecule has 0 bridgehead atoms. The van der Waals surface area contributed by atoms with Gasteiger partial charge in [0.05, 0.1) is 5.02 Å². The van der Waals surface area contributed by atoms with Gasteiger partial charge in [-0.05, 0) is 43.4 Å². The van der Waals surface area contributed by atoms with E-state index in [0.29, 0.717) is 5.02 Å². The van der Waals surface area contributed by atoms with Crippen LogP contribution in [0.1, 0.15) is 42.4 Å². The van der Waals surface area contributed by atoms with Gasteiger partial charge in [-0.15, -0.1) is 0 Å². The number of hydrogen-bond acceptors (Lipinski definition) is 2. The molecule has 0 atom stereocenters. The number of hydrogen-bond donors (Lipinski definition) is 2. The zero-order chi connectivity index (χ0) is 11.9. The average molecular weight is 240 g/mol. The van der Waals surface area contributed by atoms with Gasteiger partial charge in [0.2, 0.25) is 0 Å². The molecule has 1 fully saturated rings. The van der Waals surface area contributed by atoms with E-state index in [2.05, 4.69) is 0 Å². The van der Waals surface area contributed by atoms with Crippen LogP contribution in [0.5, 0.6) is 5.75 Å². The third-order valence-corrected chi connectivity index (χ3v) is 4.17. The lowest BCUT2D eigenvalue weighted by Crippen LogP contribution is -2.34. The molecule has 0 heterocycles. The second kappa shape index (κ2) is 3.94. The van der Waals surface area contributed by atoms with Crippen molar-refractivity contribution < 1.29 is 5.11 Å².